The minimum absolute atomic E-state index is 0.128. The first-order valence-electron chi connectivity index (χ1n) is 8.07. The maximum atomic E-state index is 12.2. The van der Waals surface area contributed by atoms with Crippen molar-refractivity contribution in [1.82, 2.24) is 5.32 Å². The number of carbonyl (C=O) groups is 1. The molecule has 5 nitrogen and oxygen atoms in total. The van der Waals surface area contributed by atoms with Crippen LogP contribution in [0.15, 0.2) is 11.8 Å². The summed E-state index contributed by atoms with van der Waals surface area (Å²) in [6, 6.07) is 0.301. The molecule has 21 heavy (non-hydrogen) atoms. The van der Waals surface area contributed by atoms with Gasteiger partial charge in [0.2, 0.25) is 6.29 Å². The fraction of sp³-hybridized carbons (Fsp3) is 0.812. The van der Waals surface area contributed by atoms with Crippen LogP contribution in [-0.2, 0) is 14.3 Å². The first-order chi connectivity index (χ1) is 10.2. The molecule has 3 atom stereocenters. The van der Waals surface area contributed by atoms with Crippen molar-refractivity contribution in [3.8, 4) is 0 Å². The van der Waals surface area contributed by atoms with E-state index in [0.29, 0.717) is 18.4 Å². The normalized spacial score (nSPS) is 29.3. The summed E-state index contributed by atoms with van der Waals surface area (Å²) < 4.78 is 11.4. The van der Waals surface area contributed by atoms with E-state index < -0.39 is 6.29 Å². The lowest BCUT2D eigenvalue weighted by molar-refractivity contribution is -0.171. The number of hydrogen-bond acceptors (Lipinski definition) is 4. The molecule has 1 heterocycles. The molecule has 1 amide bonds. The number of aliphatic hydroxyl groups is 1. The second-order valence-electron chi connectivity index (χ2n) is 5.96. The smallest absolute Gasteiger partial charge is 0.286 e. The molecule has 0 bridgehead atoms. The van der Waals surface area contributed by atoms with Gasteiger partial charge >= 0.3 is 0 Å². The Morgan fingerprint density at radius 2 is 2.29 bits per heavy atom. The second kappa shape index (κ2) is 7.80. The van der Waals surface area contributed by atoms with Gasteiger partial charge < -0.3 is 19.9 Å². The molecular weight excluding hydrogens is 270 g/mol. The summed E-state index contributed by atoms with van der Waals surface area (Å²) in [6.07, 6.45) is 6.35. The van der Waals surface area contributed by atoms with Crippen LogP contribution in [0, 0.1) is 11.8 Å². The van der Waals surface area contributed by atoms with Crippen LogP contribution in [0.3, 0.4) is 0 Å². The van der Waals surface area contributed by atoms with Crippen LogP contribution in [0.25, 0.3) is 0 Å². The van der Waals surface area contributed by atoms with Gasteiger partial charge in [-0.25, -0.2) is 0 Å². The van der Waals surface area contributed by atoms with Crippen LogP contribution in [0.2, 0.25) is 0 Å². The van der Waals surface area contributed by atoms with E-state index in [-0.39, 0.29) is 24.3 Å². The molecule has 0 aromatic heterocycles. The molecule has 0 unspecified atom stereocenters. The lowest BCUT2D eigenvalue weighted by Gasteiger charge is -2.36. The Bertz CT molecular complexity index is 378. The van der Waals surface area contributed by atoms with Crippen molar-refractivity contribution in [2.45, 2.75) is 58.3 Å². The molecule has 2 rings (SSSR count). The Hall–Kier alpha value is -1.07. The number of ether oxygens (including phenoxy) is 2. The Labute approximate surface area is 126 Å². The van der Waals surface area contributed by atoms with E-state index in [2.05, 4.69) is 12.2 Å². The maximum absolute atomic E-state index is 12.2. The maximum Gasteiger partial charge on any atom is 0.286 e. The van der Waals surface area contributed by atoms with Crippen molar-refractivity contribution in [3.05, 3.63) is 11.8 Å². The Balaban J connectivity index is 2.00. The number of nitrogens with one attached hydrogen (secondary N) is 1. The van der Waals surface area contributed by atoms with Crippen molar-refractivity contribution in [2.75, 3.05) is 13.2 Å². The first-order valence-corrected chi connectivity index (χ1v) is 8.07. The molecule has 1 aliphatic carbocycles. The van der Waals surface area contributed by atoms with Crippen LogP contribution < -0.4 is 5.32 Å². The summed E-state index contributed by atoms with van der Waals surface area (Å²) in [5.74, 6) is 0.631. The third-order valence-corrected chi connectivity index (χ3v) is 4.37. The van der Waals surface area contributed by atoms with Crippen LogP contribution in [-0.4, -0.2) is 36.6 Å². The van der Waals surface area contributed by atoms with Crippen molar-refractivity contribution < 1.29 is 19.4 Å². The van der Waals surface area contributed by atoms with Gasteiger partial charge in [-0.3, -0.25) is 4.79 Å². The minimum Gasteiger partial charge on any atom is -0.459 e. The number of aliphatic hydroxyl groups excluding tert-OH is 1. The molecular formula is C16H27NO4. The van der Waals surface area contributed by atoms with E-state index in [1.54, 1.807) is 0 Å². The highest BCUT2D eigenvalue weighted by Gasteiger charge is 2.35. The highest BCUT2D eigenvalue weighted by molar-refractivity contribution is 5.91. The number of amides is 1. The van der Waals surface area contributed by atoms with Crippen LogP contribution in [0.1, 0.15) is 46.0 Å². The summed E-state index contributed by atoms with van der Waals surface area (Å²) in [5, 5.41) is 12.0. The van der Waals surface area contributed by atoms with E-state index >= 15 is 0 Å². The third kappa shape index (κ3) is 4.20. The number of carbonyl (C=O) groups excluding carboxylic acids is 1. The van der Waals surface area contributed by atoms with E-state index in [1.165, 1.54) is 6.42 Å². The number of hydrogen-bond donors (Lipinski definition) is 2. The highest BCUT2D eigenvalue weighted by atomic mass is 16.7. The van der Waals surface area contributed by atoms with E-state index in [9.17, 15) is 4.79 Å². The lowest BCUT2D eigenvalue weighted by Crippen LogP contribution is -2.43. The van der Waals surface area contributed by atoms with Gasteiger partial charge in [-0.2, -0.15) is 0 Å². The zero-order chi connectivity index (χ0) is 15.2. The Kier molecular flexibility index (Phi) is 6.06. The van der Waals surface area contributed by atoms with Gasteiger partial charge in [0.25, 0.3) is 5.91 Å². The van der Waals surface area contributed by atoms with Crippen LogP contribution >= 0.6 is 0 Å². The zero-order valence-corrected chi connectivity index (χ0v) is 13.0. The topological polar surface area (TPSA) is 67.8 Å². The molecule has 1 aliphatic heterocycles. The summed E-state index contributed by atoms with van der Waals surface area (Å²) in [4.78, 5) is 12.2. The van der Waals surface area contributed by atoms with Crippen molar-refractivity contribution >= 4 is 5.91 Å². The Morgan fingerprint density at radius 1 is 1.52 bits per heavy atom. The third-order valence-electron chi connectivity index (χ3n) is 4.37. The van der Waals surface area contributed by atoms with Gasteiger partial charge in [-0.1, -0.05) is 6.92 Å². The zero-order valence-electron chi connectivity index (χ0n) is 13.0. The number of rotatable bonds is 7. The molecule has 0 saturated heterocycles. The highest BCUT2D eigenvalue weighted by Crippen LogP contribution is 2.32. The molecule has 120 valence electrons. The average Bonchev–Trinajstić information content (AvgIpc) is 2.42. The van der Waals surface area contributed by atoms with E-state index in [4.69, 9.17) is 14.6 Å². The predicted octanol–water partition coefficient (Wildman–Crippen LogP) is 1.96. The monoisotopic (exact) mass is 297 g/mol. The average molecular weight is 297 g/mol. The minimum atomic E-state index is -0.399. The predicted molar refractivity (Wildman–Crippen MR) is 79.3 cm³/mol. The van der Waals surface area contributed by atoms with Crippen molar-refractivity contribution in [1.29, 1.82) is 0 Å². The van der Waals surface area contributed by atoms with Gasteiger partial charge in [0.1, 0.15) is 0 Å². The van der Waals surface area contributed by atoms with Crippen LogP contribution in [0.4, 0.5) is 0 Å². The molecule has 0 aromatic carbocycles. The summed E-state index contributed by atoms with van der Waals surface area (Å²) in [7, 11) is 0. The number of allylic oxidation sites excluding steroid dienone is 1. The second-order valence-corrected chi connectivity index (χ2v) is 5.96. The van der Waals surface area contributed by atoms with Gasteiger partial charge in [0.05, 0.1) is 0 Å². The van der Waals surface area contributed by atoms with Gasteiger partial charge in [0, 0.05) is 25.2 Å². The summed E-state index contributed by atoms with van der Waals surface area (Å²) in [5.41, 5.74) is 0. The van der Waals surface area contributed by atoms with Crippen LogP contribution in [0.5, 0.6) is 0 Å². The molecule has 2 N–H and O–H groups in total. The molecule has 5 heteroatoms. The fourth-order valence-electron chi connectivity index (χ4n) is 2.85. The van der Waals surface area contributed by atoms with Gasteiger partial charge in [0.15, 0.2) is 5.76 Å². The Morgan fingerprint density at radius 3 is 2.86 bits per heavy atom. The van der Waals surface area contributed by atoms with Crippen molar-refractivity contribution in [3.63, 3.8) is 0 Å². The van der Waals surface area contributed by atoms with Crippen molar-refractivity contribution in [2.24, 2.45) is 11.8 Å². The van der Waals surface area contributed by atoms with E-state index in [0.717, 1.165) is 25.7 Å². The SMILES string of the molecule is CCO[C@@H]1OC(C(=O)NC2CCC2)=C[C@H](C)[C@H]1CCCO. The van der Waals surface area contributed by atoms with Gasteiger partial charge in [-0.15, -0.1) is 0 Å². The quantitative estimate of drug-likeness (QED) is 0.754. The van der Waals surface area contributed by atoms with Gasteiger partial charge in [-0.05, 0) is 51.0 Å². The standard InChI is InChI=1S/C16H27NO4/c1-3-20-16-13(8-5-9-18)11(2)10-14(21-16)15(19)17-12-6-4-7-12/h10-13,16,18H,3-9H2,1-2H3,(H,17,19)/t11-,13+,16+/m0/s1. The lowest BCUT2D eigenvalue weighted by atomic mass is 9.86. The summed E-state index contributed by atoms with van der Waals surface area (Å²) in [6.45, 7) is 4.71. The molecule has 0 aromatic rings. The molecule has 1 fully saturated rings. The molecule has 0 radical (unpaired) electrons. The van der Waals surface area contributed by atoms with E-state index in [1.807, 2.05) is 13.0 Å². The fourth-order valence-corrected chi connectivity index (χ4v) is 2.85. The summed E-state index contributed by atoms with van der Waals surface area (Å²) >= 11 is 0. The molecule has 2 aliphatic rings. The largest absolute Gasteiger partial charge is 0.459 e. The molecule has 1 saturated carbocycles. The first kappa shape index (κ1) is 16.3. The molecule has 0 spiro atoms.